The fourth-order valence-corrected chi connectivity index (χ4v) is 1.78. The van der Waals surface area contributed by atoms with Crippen LogP contribution in [0.1, 0.15) is 25.8 Å². The van der Waals surface area contributed by atoms with Crippen molar-refractivity contribution >= 4 is 11.5 Å². The van der Waals surface area contributed by atoms with Gasteiger partial charge in [-0.1, -0.05) is 13.8 Å². The lowest BCUT2D eigenvalue weighted by atomic mass is 10.0. The maximum atomic E-state index is 11.0. The van der Waals surface area contributed by atoms with Crippen molar-refractivity contribution in [1.29, 1.82) is 0 Å². The van der Waals surface area contributed by atoms with E-state index < -0.39 is 4.92 Å². The molecule has 0 saturated carbocycles. The Morgan fingerprint density at radius 2 is 2.22 bits per heavy atom. The lowest BCUT2D eigenvalue weighted by Crippen LogP contribution is -2.31. The molecule has 3 N–H and O–H groups in total. The van der Waals surface area contributed by atoms with Crippen LogP contribution in [0.4, 0.5) is 11.5 Å². The molecule has 0 amide bonds. The summed E-state index contributed by atoms with van der Waals surface area (Å²) < 4.78 is 0. The van der Waals surface area contributed by atoms with Crippen LogP contribution in [0.15, 0.2) is 12.3 Å². The summed E-state index contributed by atoms with van der Waals surface area (Å²) in [4.78, 5) is 14.6. The van der Waals surface area contributed by atoms with Gasteiger partial charge in [-0.2, -0.15) is 0 Å². The number of hydrogen-bond acceptors (Lipinski definition) is 5. The van der Waals surface area contributed by atoms with Gasteiger partial charge in [0, 0.05) is 24.8 Å². The molecule has 0 bridgehead atoms. The molecule has 1 aromatic heterocycles. The number of nitrogens with one attached hydrogen (secondary N) is 1. The van der Waals surface area contributed by atoms with Crippen molar-refractivity contribution in [1.82, 2.24) is 4.98 Å². The van der Waals surface area contributed by atoms with Gasteiger partial charge in [-0.25, -0.2) is 4.98 Å². The van der Waals surface area contributed by atoms with Crippen molar-refractivity contribution in [3.63, 3.8) is 0 Å². The van der Waals surface area contributed by atoms with E-state index in [0.717, 1.165) is 12.0 Å². The lowest BCUT2D eigenvalue weighted by molar-refractivity contribution is -0.384. The zero-order valence-corrected chi connectivity index (χ0v) is 11.0. The molecule has 0 aromatic carbocycles. The SMILES string of the molecule is Cc1cnc(NC(CN)CC(C)C)c([N+](=O)[O-])c1. The number of aryl methyl sites for hydroxylation is 1. The number of nitrogens with zero attached hydrogens (tertiary/aromatic N) is 2. The van der Waals surface area contributed by atoms with E-state index in [2.05, 4.69) is 24.1 Å². The van der Waals surface area contributed by atoms with Crippen molar-refractivity contribution < 1.29 is 4.92 Å². The topological polar surface area (TPSA) is 94.1 Å². The number of rotatable bonds is 6. The van der Waals surface area contributed by atoms with Crippen LogP contribution in [0, 0.1) is 23.0 Å². The van der Waals surface area contributed by atoms with E-state index in [4.69, 9.17) is 5.73 Å². The van der Waals surface area contributed by atoms with Gasteiger partial charge in [0.05, 0.1) is 4.92 Å². The molecule has 0 saturated heterocycles. The highest BCUT2D eigenvalue weighted by Gasteiger charge is 2.18. The molecule has 1 heterocycles. The van der Waals surface area contributed by atoms with E-state index in [1.165, 1.54) is 6.07 Å². The molecule has 0 fully saturated rings. The largest absolute Gasteiger partial charge is 0.360 e. The summed E-state index contributed by atoms with van der Waals surface area (Å²) in [5.41, 5.74) is 6.43. The Labute approximate surface area is 107 Å². The average molecular weight is 252 g/mol. The third-order valence-electron chi connectivity index (χ3n) is 2.58. The molecule has 0 radical (unpaired) electrons. The minimum Gasteiger partial charge on any atom is -0.360 e. The normalized spacial score (nSPS) is 12.5. The van der Waals surface area contributed by atoms with Crippen LogP contribution in [-0.2, 0) is 0 Å². The Balaban J connectivity index is 2.91. The van der Waals surface area contributed by atoms with Gasteiger partial charge in [-0.05, 0) is 24.8 Å². The van der Waals surface area contributed by atoms with E-state index in [0.29, 0.717) is 18.3 Å². The highest BCUT2D eigenvalue weighted by Crippen LogP contribution is 2.23. The van der Waals surface area contributed by atoms with Gasteiger partial charge in [0.1, 0.15) is 0 Å². The van der Waals surface area contributed by atoms with Gasteiger partial charge >= 0.3 is 5.69 Å². The number of nitro groups is 1. The number of anilines is 1. The van der Waals surface area contributed by atoms with Crippen molar-refractivity contribution in [3.05, 3.63) is 27.9 Å². The van der Waals surface area contributed by atoms with E-state index in [1.807, 2.05) is 0 Å². The molecule has 0 spiro atoms. The van der Waals surface area contributed by atoms with Crippen molar-refractivity contribution in [2.45, 2.75) is 33.2 Å². The van der Waals surface area contributed by atoms with E-state index in [-0.39, 0.29) is 11.7 Å². The van der Waals surface area contributed by atoms with Gasteiger partial charge in [-0.15, -0.1) is 0 Å². The third kappa shape index (κ3) is 3.96. The first-order valence-corrected chi connectivity index (χ1v) is 6.01. The average Bonchev–Trinajstić information content (AvgIpc) is 2.29. The van der Waals surface area contributed by atoms with Gasteiger partial charge in [0.25, 0.3) is 0 Å². The minimum absolute atomic E-state index is 0.00101. The van der Waals surface area contributed by atoms with Crippen molar-refractivity contribution in [2.24, 2.45) is 11.7 Å². The molecule has 6 nitrogen and oxygen atoms in total. The minimum atomic E-state index is -0.425. The first-order valence-electron chi connectivity index (χ1n) is 6.01. The Kier molecular flexibility index (Phi) is 5.03. The standard InChI is InChI=1S/C12H20N4O2/c1-8(2)4-10(6-13)15-12-11(16(17)18)5-9(3)7-14-12/h5,7-8,10H,4,6,13H2,1-3H3,(H,14,15). The summed E-state index contributed by atoms with van der Waals surface area (Å²) in [5.74, 6) is 0.761. The molecule has 0 aliphatic carbocycles. The molecule has 18 heavy (non-hydrogen) atoms. The Morgan fingerprint density at radius 3 is 2.72 bits per heavy atom. The van der Waals surface area contributed by atoms with Crippen LogP contribution in [0.2, 0.25) is 0 Å². The summed E-state index contributed by atoms with van der Waals surface area (Å²) in [6.07, 6.45) is 2.46. The zero-order valence-electron chi connectivity index (χ0n) is 11.0. The van der Waals surface area contributed by atoms with Crippen LogP contribution in [0.5, 0.6) is 0 Å². The molecular weight excluding hydrogens is 232 g/mol. The molecule has 1 unspecified atom stereocenters. The number of nitrogens with two attached hydrogens (primary N) is 1. The summed E-state index contributed by atoms with van der Waals surface area (Å²) in [5, 5.41) is 14.0. The summed E-state index contributed by atoms with van der Waals surface area (Å²) >= 11 is 0. The maximum absolute atomic E-state index is 11.0. The molecule has 1 rings (SSSR count). The van der Waals surface area contributed by atoms with E-state index in [1.54, 1.807) is 13.1 Å². The van der Waals surface area contributed by atoms with E-state index in [9.17, 15) is 10.1 Å². The van der Waals surface area contributed by atoms with Gasteiger partial charge < -0.3 is 11.1 Å². The summed E-state index contributed by atoms with van der Waals surface area (Å²) in [6, 6.07) is 1.51. The Hall–Kier alpha value is -1.69. The maximum Gasteiger partial charge on any atom is 0.311 e. The van der Waals surface area contributed by atoms with Crippen LogP contribution < -0.4 is 11.1 Å². The van der Waals surface area contributed by atoms with Crippen LogP contribution in [0.25, 0.3) is 0 Å². The quantitative estimate of drug-likeness (QED) is 0.597. The third-order valence-corrected chi connectivity index (χ3v) is 2.58. The monoisotopic (exact) mass is 252 g/mol. The molecule has 100 valence electrons. The fraction of sp³-hybridized carbons (Fsp3) is 0.583. The fourth-order valence-electron chi connectivity index (χ4n) is 1.78. The van der Waals surface area contributed by atoms with Crippen LogP contribution in [0.3, 0.4) is 0 Å². The Morgan fingerprint density at radius 1 is 1.56 bits per heavy atom. The van der Waals surface area contributed by atoms with Crippen LogP contribution in [-0.4, -0.2) is 22.5 Å². The zero-order chi connectivity index (χ0) is 13.7. The van der Waals surface area contributed by atoms with Crippen molar-refractivity contribution in [3.8, 4) is 0 Å². The van der Waals surface area contributed by atoms with Gasteiger partial charge in [0.2, 0.25) is 5.82 Å². The summed E-state index contributed by atoms with van der Waals surface area (Å²) in [6.45, 7) is 6.37. The molecular formula is C12H20N4O2. The lowest BCUT2D eigenvalue weighted by Gasteiger charge is -2.19. The van der Waals surface area contributed by atoms with Gasteiger partial charge in [-0.3, -0.25) is 10.1 Å². The van der Waals surface area contributed by atoms with Gasteiger partial charge in [0.15, 0.2) is 0 Å². The highest BCUT2D eigenvalue weighted by atomic mass is 16.6. The summed E-state index contributed by atoms with van der Waals surface area (Å²) in [7, 11) is 0. The molecule has 0 aliphatic rings. The molecule has 6 heteroatoms. The first kappa shape index (κ1) is 14.4. The Bertz CT molecular complexity index is 421. The number of pyridine rings is 1. The predicted octanol–water partition coefficient (Wildman–Crippen LogP) is 2.08. The number of aromatic nitrogens is 1. The second kappa shape index (κ2) is 6.30. The predicted molar refractivity (Wildman–Crippen MR) is 71.5 cm³/mol. The first-order chi connectivity index (χ1) is 8.43. The van der Waals surface area contributed by atoms with E-state index >= 15 is 0 Å². The van der Waals surface area contributed by atoms with Crippen LogP contribution >= 0.6 is 0 Å². The highest BCUT2D eigenvalue weighted by molar-refractivity contribution is 5.57. The second-order valence-electron chi connectivity index (χ2n) is 4.84. The molecule has 0 aliphatic heterocycles. The smallest absolute Gasteiger partial charge is 0.311 e. The molecule has 1 aromatic rings. The number of hydrogen-bond donors (Lipinski definition) is 2. The molecule has 1 atom stereocenters. The second-order valence-corrected chi connectivity index (χ2v) is 4.84. The van der Waals surface area contributed by atoms with Crippen molar-refractivity contribution in [2.75, 3.05) is 11.9 Å².